The molecular formula is C13H16N2O6. The molecule has 1 aromatic rings. The number of methoxy groups -OCH3 is 2. The monoisotopic (exact) mass is 296 g/mol. The molecule has 0 aliphatic heterocycles. The van der Waals surface area contributed by atoms with Crippen molar-refractivity contribution in [1.82, 2.24) is 5.32 Å². The highest BCUT2D eigenvalue weighted by Crippen LogP contribution is 2.28. The second kappa shape index (κ2) is 7.22. The fraction of sp³-hybridized carbons (Fsp3) is 0.385. The molecule has 114 valence electrons. The fourth-order valence-corrected chi connectivity index (χ4v) is 1.82. The molecule has 0 bridgehead atoms. The summed E-state index contributed by atoms with van der Waals surface area (Å²) in [5.41, 5.74) is 0.299. The van der Waals surface area contributed by atoms with Gasteiger partial charge in [0.05, 0.1) is 19.1 Å². The zero-order valence-corrected chi connectivity index (χ0v) is 11.9. The maximum atomic E-state index is 11.6. The summed E-state index contributed by atoms with van der Waals surface area (Å²) < 4.78 is 9.49. The number of nitrogens with zero attached hydrogens (tertiary/aromatic N) is 1. The van der Waals surface area contributed by atoms with Gasteiger partial charge >= 0.3 is 11.7 Å². The van der Waals surface area contributed by atoms with Gasteiger partial charge in [0.15, 0.2) is 5.75 Å². The average Bonchev–Trinajstić information content (AvgIpc) is 2.45. The van der Waals surface area contributed by atoms with Crippen molar-refractivity contribution in [3.8, 4) is 5.75 Å². The summed E-state index contributed by atoms with van der Waals surface area (Å²) >= 11 is 0. The number of nitro benzene ring substituents is 1. The number of benzene rings is 1. The van der Waals surface area contributed by atoms with E-state index < -0.39 is 22.8 Å². The smallest absolute Gasteiger partial charge is 0.328 e. The van der Waals surface area contributed by atoms with E-state index in [1.165, 1.54) is 33.3 Å². The summed E-state index contributed by atoms with van der Waals surface area (Å²) in [6.07, 6.45) is 0.0804. The molecule has 0 radical (unpaired) electrons. The van der Waals surface area contributed by atoms with Crippen molar-refractivity contribution < 1.29 is 24.0 Å². The zero-order valence-electron chi connectivity index (χ0n) is 11.9. The number of esters is 1. The van der Waals surface area contributed by atoms with Crippen LogP contribution in [-0.4, -0.2) is 37.1 Å². The van der Waals surface area contributed by atoms with Crippen molar-refractivity contribution in [3.63, 3.8) is 0 Å². The van der Waals surface area contributed by atoms with Crippen LogP contribution in [-0.2, 0) is 20.7 Å². The van der Waals surface area contributed by atoms with Crippen molar-refractivity contribution in [1.29, 1.82) is 0 Å². The molecule has 8 nitrogen and oxygen atoms in total. The molecule has 0 aliphatic carbocycles. The summed E-state index contributed by atoms with van der Waals surface area (Å²) in [5, 5.41) is 13.4. The summed E-state index contributed by atoms with van der Waals surface area (Å²) in [4.78, 5) is 33.1. The number of nitro groups is 1. The standard InChI is InChI=1S/C13H16N2O6/c1-8(16)14-10(13(17)21-3)6-9-4-5-12(20-2)11(7-9)15(18)19/h4-5,7,10H,6H2,1-3H3,(H,14,16)/t10-/m0/s1. The second-order valence-corrected chi connectivity index (χ2v) is 4.24. The minimum Gasteiger partial charge on any atom is -0.490 e. The van der Waals surface area contributed by atoms with Gasteiger partial charge < -0.3 is 14.8 Å². The summed E-state index contributed by atoms with van der Waals surface area (Å²) in [7, 11) is 2.53. The number of amides is 1. The lowest BCUT2D eigenvalue weighted by Crippen LogP contribution is -2.41. The van der Waals surface area contributed by atoms with E-state index in [1.807, 2.05) is 0 Å². The third-order valence-electron chi connectivity index (χ3n) is 2.74. The van der Waals surface area contributed by atoms with Gasteiger partial charge in [-0.25, -0.2) is 4.79 Å². The van der Waals surface area contributed by atoms with Crippen LogP contribution in [0.3, 0.4) is 0 Å². The van der Waals surface area contributed by atoms with Crippen LogP contribution in [0.5, 0.6) is 5.75 Å². The Hall–Kier alpha value is -2.64. The fourth-order valence-electron chi connectivity index (χ4n) is 1.82. The number of rotatable bonds is 6. The van der Waals surface area contributed by atoms with Crippen LogP contribution < -0.4 is 10.1 Å². The SMILES string of the molecule is COC(=O)[C@H](Cc1ccc(OC)c([N+](=O)[O-])c1)NC(C)=O. The predicted octanol–water partition coefficient (Wildman–Crippen LogP) is 0.824. The van der Waals surface area contributed by atoms with Gasteiger partial charge in [-0.2, -0.15) is 0 Å². The molecule has 1 rings (SSSR count). The first-order valence-corrected chi connectivity index (χ1v) is 6.05. The second-order valence-electron chi connectivity index (χ2n) is 4.24. The van der Waals surface area contributed by atoms with Gasteiger partial charge in [0.1, 0.15) is 6.04 Å². The largest absolute Gasteiger partial charge is 0.490 e. The average molecular weight is 296 g/mol. The van der Waals surface area contributed by atoms with Crippen LogP contribution in [0, 0.1) is 10.1 Å². The first-order valence-electron chi connectivity index (χ1n) is 6.05. The maximum absolute atomic E-state index is 11.6. The van der Waals surface area contributed by atoms with E-state index in [4.69, 9.17) is 4.74 Å². The Morgan fingerprint density at radius 2 is 2.05 bits per heavy atom. The number of carbonyl (C=O) groups is 2. The first kappa shape index (κ1) is 16.4. The molecule has 0 heterocycles. The van der Waals surface area contributed by atoms with Crippen LogP contribution in [0.15, 0.2) is 18.2 Å². The van der Waals surface area contributed by atoms with E-state index in [0.29, 0.717) is 5.56 Å². The third-order valence-corrected chi connectivity index (χ3v) is 2.74. The quantitative estimate of drug-likeness (QED) is 0.473. The number of hydrogen-bond acceptors (Lipinski definition) is 6. The lowest BCUT2D eigenvalue weighted by molar-refractivity contribution is -0.385. The van der Waals surface area contributed by atoms with Crippen molar-refractivity contribution >= 4 is 17.6 Å². The normalized spacial score (nSPS) is 11.4. The van der Waals surface area contributed by atoms with Crippen LogP contribution in [0.4, 0.5) is 5.69 Å². The van der Waals surface area contributed by atoms with Crippen molar-refractivity contribution in [2.24, 2.45) is 0 Å². The Balaban J connectivity index is 3.03. The van der Waals surface area contributed by atoms with Crippen molar-refractivity contribution in [2.75, 3.05) is 14.2 Å². The number of carbonyl (C=O) groups excluding carboxylic acids is 2. The van der Waals surface area contributed by atoms with Crippen molar-refractivity contribution in [3.05, 3.63) is 33.9 Å². The Labute approximate surface area is 121 Å². The molecule has 0 unspecified atom stereocenters. The summed E-state index contributed by atoms with van der Waals surface area (Å²) in [6, 6.07) is 3.43. The van der Waals surface area contributed by atoms with E-state index in [1.54, 1.807) is 6.07 Å². The Morgan fingerprint density at radius 1 is 1.38 bits per heavy atom. The Bertz CT molecular complexity index is 558. The molecule has 8 heteroatoms. The molecule has 0 saturated carbocycles. The van der Waals surface area contributed by atoms with E-state index in [0.717, 1.165) is 0 Å². The zero-order chi connectivity index (χ0) is 16.0. The number of ether oxygens (including phenoxy) is 2. The van der Waals surface area contributed by atoms with Gasteiger partial charge in [0.2, 0.25) is 5.91 Å². The number of hydrogen-bond donors (Lipinski definition) is 1. The highest BCUT2D eigenvalue weighted by atomic mass is 16.6. The van der Waals surface area contributed by atoms with Gasteiger partial charge in [-0.3, -0.25) is 14.9 Å². The molecule has 21 heavy (non-hydrogen) atoms. The van der Waals surface area contributed by atoms with Gasteiger partial charge in [0, 0.05) is 19.4 Å². The summed E-state index contributed by atoms with van der Waals surface area (Å²) in [6.45, 7) is 1.27. The Morgan fingerprint density at radius 3 is 2.52 bits per heavy atom. The molecule has 0 aliphatic rings. The Kier molecular flexibility index (Phi) is 5.65. The molecule has 0 spiro atoms. The lowest BCUT2D eigenvalue weighted by Gasteiger charge is -2.15. The van der Waals surface area contributed by atoms with Gasteiger partial charge in [-0.1, -0.05) is 6.07 Å². The van der Waals surface area contributed by atoms with Crippen molar-refractivity contribution in [2.45, 2.75) is 19.4 Å². The molecule has 0 saturated heterocycles. The molecule has 1 atom stereocenters. The molecule has 0 fully saturated rings. The minimum atomic E-state index is -0.902. The van der Waals surface area contributed by atoms with E-state index in [-0.39, 0.29) is 17.9 Å². The van der Waals surface area contributed by atoms with E-state index >= 15 is 0 Å². The molecular weight excluding hydrogens is 280 g/mol. The van der Waals surface area contributed by atoms with Crippen LogP contribution >= 0.6 is 0 Å². The minimum absolute atomic E-state index is 0.0804. The predicted molar refractivity (Wildman–Crippen MR) is 73.0 cm³/mol. The van der Waals surface area contributed by atoms with E-state index in [2.05, 4.69) is 10.1 Å². The van der Waals surface area contributed by atoms with Gasteiger partial charge in [-0.05, 0) is 11.6 Å². The first-order chi connectivity index (χ1) is 9.88. The highest BCUT2D eigenvalue weighted by Gasteiger charge is 2.23. The highest BCUT2D eigenvalue weighted by molar-refractivity contribution is 5.83. The van der Waals surface area contributed by atoms with Crippen LogP contribution in [0.25, 0.3) is 0 Å². The maximum Gasteiger partial charge on any atom is 0.328 e. The third kappa shape index (κ3) is 4.44. The molecule has 1 aromatic carbocycles. The topological polar surface area (TPSA) is 108 Å². The van der Waals surface area contributed by atoms with Gasteiger partial charge in [-0.15, -0.1) is 0 Å². The molecule has 1 N–H and O–H groups in total. The van der Waals surface area contributed by atoms with Gasteiger partial charge in [0.25, 0.3) is 0 Å². The molecule has 1 amide bonds. The van der Waals surface area contributed by atoms with Crippen LogP contribution in [0.1, 0.15) is 12.5 Å². The van der Waals surface area contributed by atoms with E-state index in [9.17, 15) is 19.7 Å². The number of nitrogens with one attached hydrogen (secondary N) is 1. The molecule has 0 aromatic heterocycles. The summed E-state index contributed by atoms with van der Waals surface area (Å²) in [5.74, 6) is -0.894. The lowest BCUT2D eigenvalue weighted by atomic mass is 10.0. The van der Waals surface area contributed by atoms with Crippen LogP contribution in [0.2, 0.25) is 0 Å².